The van der Waals surface area contributed by atoms with Gasteiger partial charge in [-0.2, -0.15) is 5.10 Å². The number of aromatic nitrogens is 2. The van der Waals surface area contributed by atoms with E-state index in [2.05, 4.69) is 20.4 Å². The molecule has 132 valence electrons. The Morgan fingerprint density at radius 1 is 1.12 bits per heavy atom. The number of Topliss-reactive ketones (excluding diaryl/α,β-unsaturated/α-hetero) is 1. The molecule has 25 heavy (non-hydrogen) atoms. The zero-order valence-corrected chi connectivity index (χ0v) is 14.3. The lowest BCUT2D eigenvalue weighted by Crippen LogP contribution is -2.41. The number of carbonyl (C=O) groups is 1. The third-order valence-electron chi connectivity index (χ3n) is 5.50. The van der Waals surface area contributed by atoms with Crippen LogP contribution in [0.3, 0.4) is 0 Å². The molecule has 2 N–H and O–H groups in total. The molecule has 0 bridgehead atoms. The number of benzene rings is 1. The molecule has 6 nitrogen and oxygen atoms in total. The van der Waals surface area contributed by atoms with E-state index in [1.807, 2.05) is 18.2 Å². The van der Waals surface area contributed by atoms with Gasteiger partial charge in [-0.3, -0.25) is 14.5 Å². The Bertz CT molecular complexity index is 820. The molecule has 1 aliphatic carbocycles. The quantitative estimate of drug-likeness (QED) is 0.884. The second kappa shape index (κ2) is 7.06. The van der Waals surface area contributed by atoms with Gasteiger partial charge in [0.2, 0.25) is 0 Å². The van der Waals surface area contributed by atoms with Gasteiger partial charge in [0, 0.05) is 30.9 Å². The summed E-state index contributed by atoms with van der Waals surface area (Å²) in [5.41, 5.74) is 0.501. The molecule has 1 aromatic heterocycles. The van der Waals surface area contributed by atoms with Crippen LogP contribution in [0.4, 0.5) is 0 Å². The first-order valence-electron chi connectivity index (χ1n) is 9.21. The van der Waals surface area contributed by atoms with Crippen LogP contribution in [-0.4, -0.2) is 47.1 Å². The SMILES string of the molecule is O=C(C1CCC1)C(c1n[nH]c(=O)c2ccccc12)N1CCCNCC1. The number of H-pyrrole nitrogens is 1. The Hall–Kier alpha value is -2.05. The Kier molecular flexibility index (Phi) is 4.63. The van der Waals surface area contributed by atoms with Crippen LogP contribution in [0.15, 0.2) is 29.1 Å². The Morgan fingerprint density at radius 2 is 1.92 bits per heavy atom. The fraction of sp³-hybridized carbons (Fsp3) is 0.526. The van der Waals surface area contributed by atoms with Gasteiger partial charge in [0.25, 0.3) is 5.56 Å². The number of aromatic amines is 1. The van der Waals surface area contributed by atoms with Crippen molar-refractivity contribution in [2.45, 2.75) is 31.7 Å². The van der Waals surface area contributed by atoms with Gasteiger partial charge in [0.15, 0.2) is 5.78 Å². The summed E-state index contributed by atoms with van der Waals surface area (Å²) < 4.78 is 0. The molecule has 0 amide bonds. The second-order valence-electron chi connectivity index (χ2n) is 7.06. The predicted molar refractivity (Wildman–Crippen MR) is 96.5 cm³/mol. The van der Waals surface area contributed by atoms with Gasteiger partial charge < -0.3 is 5.32 Å². The minimum atomic E-state index is -0.369. The topological polar surface area (TPSA) is 78.1 Å². The molecule has 0 radical (unpaired) electrons. The van der Waals surface area contributed by atoms with Crippen LogP contribution in [0.5, 0.6) is 0 Å². The van der Waals surface area contributed by atoms with E-state index in [0.29, 0.717) is 11.1 Å². The first-order chi connectivity index (χ1) is 12.3. The molecule has 1 atom stereocenters. The molecular weight excluding hydrogens is 316 g/mol. The summed E-state index contributed by atoms with van der Waals surface area (Å²) >= 11 is 0. The molecule has 1 unspecified atom stereocenters. The van der Waals surface area contributed by atoms with Crippen molar-refractivity contribution in [3.05, 3.63) is 40.3 Å². The molecular formula is C19H24N4O2. The van der Waals surface area contributed by atoms with Gasteiger partial charge in [-0.25, -0.2) is 5.10 Å². The Morgan fingerprint density at radius 3 is 2.68 bits per heavy atom. The average Bonchev–Trinajstić information content (AvgIpc) is 2.85. The van der Waals surface area contributed by atoms with Crippen molar-refractivity contribution in [1.82, 2.24) is 20.4 Å². The molecule has 2 fully saturated rings. The van der Waals surface area contributed by atoms with Crippen LogP contribution in [0.25, 0.3) is 10.8 Å². The number of fused-ring (bicyclic) bond motifs is 1. The van der Waals surface area contributed by atoms with Crippen LogP contribution in [-0.2, 0) is 4.79 Å². The van der Waals surface area contributed by atoms with Crippen LogP contribution < -0.4 is 10.9 Å². The molecule has 2 heterocycles. The van der Waals surface area contributed by atoms with E-state index < -0.39 is 0 Å². The lowest BCUT2D eigenvalue weighted by atomic mass is 9.78. The third kappa shape index (κ3) is 3.12. The number of rotatable bonds is 4. The van der Waals surface area contributed by atoms with Crippen molar-refractivity contribution in [2.75, 3.05) is 26.2 Å². The number of nitrogens with zero attached hydrogens (tertiary/aromatic N) is 2. The summed E-state index contributed by atoms with van der Waals surface area (Å²) in [7, 11) is 0. The first-order valence-corrected chi connectivity index (χ1v) is 9.21. The minimum absolute atomic E-state index is 0.133. The van der Waals surface area contributed by atoms with E-state index >= 15 is 0 Å². The summed E-state index contributed by atoms with van der Waals surface area (Å²) in [5, 5.41) is 11.8. The highest BCUT2D eigenvalue weighted by molar-refractivity contribution is 5.93. The molecule has 0 spiro atoms. The molecule has 6 heteroatoms. The fourth-order valence-electron chi connectivity index (χ4n) is 3.87. The summed E-state index contributed by atoms with van der Waals surface area (Å²) in [6, 6.07) is 7.09. The highest BCUT2D eigenvalue weighted by Crippen LogP contribution is 2.35. The number of carbonyl (C=O) groups excluding carboxylic acids is 1. The van der Waals surface area contributed by atoms with Gasteiger partial charge in [-0.05, 0) is 31.9 Å². The van der Waals surface area contributed by atoms with Gasteiger partial charge in [-0.1, -0.05) is 24.6 Å². The second-order valence-corrected chi connectivity index (χ2v) is 7.06. The zero-order valence-electron chi connectivity index (χ0n) is 14.3. The Balaban J connectivity index is 1.81. The fourth-order valence-corrected chi connectivity index (χ4v) is 3.87. The number of hydrogen-bond donors (Lipinski definition) is 2. The summed E-state index contributed by atoms with van der Waals surface area (Å²) in [6.45, 7) is 3.53. The lowest BCUT2D eigenvalue weighted by Gasteiger charge is -2.34. The van der Waals surface area contributed by atoms with Crippen LogP contribution >= 0.6 is 0 Å². The molecule has 4 rings (SSSR count). The third-order valence-corrected chi connectivity index (χ3v) is 5.50. The van der Waals surface area contributed by atoms with Crippen molar-refractivity contribution in [1.29, 1.82) is 0 Å². The highest BCUT2D eigenvalue weighted by atomic mass is 16.1. The van der Waals surface area contributed by atoms with E-state index in [9.17, 15) is 9.59 Å². The number of ketones is 1. The van der Waals surface area contributed by atoms with Crippen LogP contribution in [0, 0.1) is 5.92 Å². The average molecular weight is 340 g/mol. The zero-order chi connectivity index (χ0) is 17.2. The van der Waals surface area contributed by atoms with Gasteiger partial charge >= 0.3 is 0 Å². The van der Waals surface area contributed by atoms with Crippen molar-refractivity contribution in [3.63, 3.8) is 0 Å². The monoisotopic (exact) mass is 340 g/mol. The molecule has 1 saturated heterocycles. The van der Waals surface area contributed by atoms with Crippen LogP contribution in [0.2, 0.25) is 0 Å². The first kappa shape index (κ1) is 16.4. The summed E-state index contributed by atoms with van der Waals surface area (Å²) in [4.78, 5) is 27.6. The van der Waals surface area contributed by atoms with Gasteiger partial charge in [0.05, 0.1) is 11.1 Å². The van der Waals surface area contributed by atoms with E-state index in [1.165, 1.54) is 0 Å². The maximum atomic E-state index is 13.3. The predicted octanol–water partition coefficient (Wildman–Crippen LogP) is 1.63. The molecule has 1 saturated carbocycles. The lowest BCUT2D eigenvalue weighted by molar-refractivity contribution is -0.131. The van der Waals surface area contributed by atoms with Gasteiger partial charge in [0.1, 0.15) is 6.04 Å². The Labute approximate surface area is 146 Å². The largest absolute Gasteiger partial charge is 0.315 e. The van der Waals surface area contributed by atoms with E-state index in [0.717, 1.165) is 57.2 Å². The summed E-state index contributed by atoms with van der Waals surface area (Å²) in [6.07, 6.45) is 4.09. The van der Waals surface area contributed by atoms with Crippen molar-refractivity contribution < 1.29 is 4.79 Å². The number of nitrogens with one attached hydrogen (secondary N) is 2. The normalized spacial score (nSPS) is 20.8. The van der Waals surface area contributed by atoms with E-state index in [1.54, 1.807) is 6.07 Å². The molecule has 2 aliphatic rings. The maximum Gasteiger partial charge on any atom is 0.272 e. The maximum absolute atomic E-state index is 13.3. The van der Waals surface area contributed by atoms with Crippen LogP contribution in [0.1, 0.15) is 37.4 Å². The minimum Gasteiger partial charge on any atom is -0.315 e. The van der Waals surface area contributed by atoms with Crippen molar-refractivity contribution >= 4 is 16.6 Å². The van der Waals surface area contributed by atoms with Crippen molar-refractivity contribution in [2.24, 2.45) is 5.92 Å². The number of hydrogen-bond acceptors (Lipinski definition) is 5. The van der Waals surface area contributed by atoms with E-state index in [-0.39, 0.29) is 23.3 Å². The molecule has 1 aromatic carbocycles. The van der Waals surface area contributed by atoms with Crippen molar-refractivity contribution in [3.8, 4) is 0 Å². The summed E-state index contributed by atoms with van der Waals surface area (Å²) in [5.74, 6) is 0.395. The standard InChI is InChI=1S/C19H24N4O2/c24-18(13-5-3-6-13)17(23-11-4-9-20-10-12-23)16-14-7-1-2-8-15(14)19(25)22-21-16/h1-2,7-8,13,17,20H,3-6,9-12H2,(H,22,25). The molecule has 1 aliphatic heterocycles. The van der Waals surface area contributed by atoms with Gasteiger partial charge in [-0.15, -0.1) is 0 Å². The smallest absolute Gasteiger partial charge is 0.272 e. The highest BCUT2D eigenvalue weighted by Gasteiger charge is 2.37. The molecule has 2 aromatic rings. The van der Waals surface area contributed by atoms with E-state index in [4.69, 9.17) is 0 Å².